The first kappa shape index (κ1) is 14.9. The lowest BCUT2D eigenvalue weighted by Crippen LogP contribution is -2.99. The molecule has 1 unspecified atom stereocenters. The largest absolute Gasteiger partial charge is 0.595 e. The average Bonchev–Trinajstić information content (AvgIpc) is 2.46. The van der Waals surface area contributed by atoms with E-state index in [0.717, 1.165) is 18.2 Å². The fourth-order valence-electron chi connectivity index (χ4n) is 1.73. The summed E-state index contributed by atoms with van der Waals surface area (Å²) >= 11 is 0. The van der Waals surface area contributed by atoms with E-state index in [4.69, 9.17) is 5.21 Å². The fourth-order valence-corrected chi connectivity index (χ4v) is 1.73. The van der Waals surface area contributed by atoms with Crippen molar-refractivity contribution < 1.29 is 24.7 Å². The second-order valence-corrected chi connectivity index (χ2v) is 4.26. The predicted octanol–water partition coefficient (Wildman–Crippen LogP) is 1.83. The second-order valence-electron chi connectivity index (χ2n) is 4.26. The lowest BCUT2D eigenvalue weighted by Gasteiger charge is -2.12. The molecule has 2 aromatic carbocycles. The standard InChI is InChI=1S/C15H12FNO4/c16-13-4-2-1-3-10(13)5-7-14(18)12-9-11(17(20)21)6-8-15(12)19/h1-9,17,19-20H. The number of quaternary nitrogens is 1. The van der Waals surface area contributed by atoms with E-state index in [-0.39, 0.29) is 22.6 Å². The quantitative estimate of drug-likeness (QED) is 0.347. The van der Waals surface area contributed by atoms with Gasteiger partial charge in [-0.15, -0.1) is 0 Å². The summed E-state index contributed by atoms with van der Waals surface area (Å²) in [4.78, 5) is 12.0. The van der Waals surface area contributed by atoms with Crippen molar-refractivity contribution >= 4 is 17.5 Å². The third kappa shape index (κ3) is 3.51. The van der Waals surface area contributed by atoms with Crippen LogP contribution in [0.4, 0.5) is 10.1 Å². The van der Waals surface area contributed by atoms with E-state index in [1.165, 1.54) is 30.3 Å². The van der Waals surface area contributed by atoms with Gasteiger partial charge < -0.3 is 10.3 Å². The van der Waals surface area contributed by atoms with Gasteiger partial charge >= 0.3 is 0 Å². The molecule has 0 fully saturated rings. The number of nitrogens with one attached hydrogen (secondary N) is 1. The third-order valence-electron chi connectivity index (χ3n) is 2.83. The molecule has 0 heterocycles. The summed E-state index contributed by atoms with van der Waals surface area (Å²) in [6.45, 7) is 0. The van der Waals surface area contributed by atoms with Crippen LogP contribution in [-0.4, -0.2) is 16.1 Å². The Labute approximate surface area is 119 Å². The van der Waals surface area contributed by atoms with Crippen LogP contribution in [0.15, 0.2) is 48.5 Å². The molecule has 0 amide bonds. The van der Waals surface area contributed by atoms with Gasteiger partial charge in [0.1, 0.15) is 11.6 Å². The first-order valence-electron chi connectivity index (χ1n) is 6.02. The molecule has 0 aliphatic heterocycles. The Kier molecular flexibility index (Phi) is 4.44. The molecule has 0 aliphatic rings. The first-order valence-corrected chi connectivity index (χ1v) is 6.02. The van der Waals surface area contributed by atoms with Gasteiger partial charge in [0.05, 0.1) is 5.56 Å². The molecular formula is C15H12FNO4. The number of aromatic hydroxyl groups is 1. The maximum atomic E-state index is 13.4. The van der Waals surface area contributed by atoms with E-state index in [2.05, 4.69) is 0 Å². The Morgan fingerprint density at radius 3 is 2.62 bits per heavy atom. The predicted molar refractivity (Wildman–Crippen MR) is 73.6 cm³/mol. The minimum absolute atomic E-state index is 0.115. The van der Waals surface area contributed by atoms with Crippen molar-refractivity contribution in [2.45, 2.75) is 0 Å². The molecule has 0 spiro atoms. The molecule has 0 bridgehead atoms. The average molecular weight is 289 g/mol. The summed E-state index contributed by atoms with van der Waals surface area (Å²) in [6, 6.07) is 9.29. The Bertz CT molecular complexity index is 698. The zero-order chi connectivity index (χ0) is 15.4. The van der Waals surface area contributed by atoms with E-state index < -0.39 is 16.8 Å². The van der Waals surface area contributed by atoms with Gasteiger partial charge in [-0.2, -0.15) is 5.23 Å². The van der Waals surface area contributed by atoms with Crippen molar-refractivity contribution in [2.24, 2.45) is 0 Å². The van der Waals surface area contributed by atoms with E-state index in [1.54, 1.807) is 6.07 Å². The highest BCUT2D eigenvalue weighted by Gasteiger charge is 2.12. The number of phenols is 1. The zero-order valence-corrected chi connectivity index (χ0v) is 10.8. The van der Waals surface area contributed by atoms with E-state index in [1.807, 2.05) is 0 Å². The molecule has 108 valence electrons. The Hall–Kier alpha value is -2.54. The second kappa shape index (κ2) is 6.27. The molecule has 0 saturated carbocycles. The summed E-state index contributed by atoms with van der Waals surface area (Å²) in [5.74, 6) is -1.42. The number of phenolic OH excluding ortho intramolecular Hbond substituents is 1. The normalized spacial score (nSPS) is 12.5. The molecule has 21 heavy (non-hydrogen) atoms. The number of hydrogen-bond donors (Lipinski definition) is 3. The van der Waals surface area contributed by atoms with Crippen LogP contribution in [0.3, 0.4) is 0 Å². The smallest absolute Gasteiger partial charge is 0.189 e. The molecule has 0 aliphatic carbocycles. The van der Waals surface area contributed by atoms with Gasteiger partial charge in [-0.05, 0) is 24.3 Å². The van der Waals surface area contributed by atoms with Gasteiger partial charge in [-0.25, -0.2) is 9.60 Å². The SMILES string of the molecule is O=C(C=Cc1ccccc1F)c1cc([NH+]([O-])O)ccc1O. The topological polar surface area (TPSA) is 85.0 Å². The number of benzene rings is 2. The molecule has 0 radical (unpaired) electrons. The number of halogens is 1. The minimum Gasteiger partial charge on any atom is -0.595 e. The van der Waals surface area contributed by atoms with Gasteiger partial charge in [0.2, 0.25) is 0 Å². The van der Waals surface area contributed by atoms with Crippen molar-refractivity contribution in [1.29, 1.82) is 0 Å². The highest BCUT2D eigenvalue weighted by atomic mass is 19.1. The molecular weight excluding hydrogens is 277 g/mol. The van der Waals surface area contributed by atoms with Crippen molar-refractivity contribution in [2.75, 3.05) is 0 Å². The third-order valence-corrected chi connectivity index (χ3v) is 2.83. The van der Waals surface area contributed by atoms with Crippen molar-refractivity contribution in [3.8, 4) is 5.75 Å². The number of rotatable bonds is 4. The molecule has 0 saturated heterocycles. The van der Waals surface area contributed by atoms with Crippen LogP contribution >= 0.6 is 0 Å². The number of ketones is 1. The van der Waals surface area contributed by atoms with Crippen LogP contribution in [0.25, 0.3) is 6.08 Å². The monoisotopic (exact) mass is 289 g/mol. The van der Waals surface area contributed by atoms with Gasteiger partial charge in [0.25, 0.3) is 0 Å². The van der Waals surface area contributed by atoms with Gasteiger partial charge in [0.15, 0.2) is 11.5 Å². The van der Waals surface area contributed by atoms with E-state index in [9.17, 15) is 19.5 Å². The molecule has 2 rings (SSSR count). The molecule has 6 heteroatoms. The number of allylic oxidation sites excluding steroid dienone is 1. The van der Waals surface area contributed by atoms with Crippen LogP contribution in [0.2, 0.25) is 0 Å². The maximum Gasteiger partial charge on any atom is 0.189 e. The van der Waals surface area contributed by atoms with Crippen molar-refractivity contribution in [3.05, 3.63) is 70.7 Å². The van der Waals surface area contributed by atoms with Crippen LogP contribution < -0.4 is 5.23 Å². The maximum absolute atomic E-state index is 13.4. The van der Waals surface area contributed by atoms with Crippen LogP contribution in [0, 0.1) is 11.0 Å². The highest BCUT2D eigenvalue weighted by Crippen LogP contribution is 2.21. The highest BCUT2D eigenvalue weighted by molar-refractivity contribution is 6.08. The van der Waals surface area contributed by atoms with Crippen molar-refractivity contribution in [1.82, 2.24) is 0 Å². The first-order chi connectivity index (χ1) is 9.99. The van der Waals surface area contributed by atoms with Gasteiger partial charge in [-0.3, -0.25) is 4.79 Å². The summed E-state index contributed by atoms with van der Waals surface area (Å²) < 4.78 is 13.4. The molecule has 3 N–H and O–H groups in total. The van der Waals surface area contributed by atoms with Crippen LogP contribution in [0.1, 0.15) is 15.9 Å². The Morgan fingerprint density at radius 1 is 1.24 bits per heavy atom. The summed E-state index contributed by atoms with van der Waals surface area (Å²) in [6.07, 6.45) is 2.35. The number of carbonyl (C=O) groups excluding carboxylic acids is 1. The van der Waals surface area contributed by atoms with Crippen LogP contribution in [-0.2, 0) is 0 Å². The molecule has 2 aromatic rings. The summed E-state index contributed by atoms with van der Waals surface area (Å²) in [5.41, 5.74) is -0.0438. The minimum atomic E-state index is -1.21. The fraction of sp³-hybridized carbons (Fsp3) is 0. The van der Waals surface area contributed by atoms with Crippen molar-refractivity contribution in [3.63, 3.8) is 0 Å². The summed E-state index contributed by atoms with van der Waals surface area (Å²) in [7, 11) is 0. The Morgan fingerprint density at radius 2 is 1.95 bits per heavy atom. The van der Waals surface area contributed by atoms with E-state index in [0.29, 0.717) is 0 Å². The summed E-state index contributed by atoms with van der Waals surface area (Å²) in [5, 5.41) is 28.1. The lowest BCUT2D eigenvalue weighted by molar-refractivity contribution is -0.991. The zero-order valence-electron chi connectivity index (χ0n) is 10.8. The Balaban J connectivity index is 2.28. The lowest BCUT2D eigenvalue weighted by atomic mass is 10.1. The van der Waals surface area contributed by atoms with Gasteiger partial charge in [-0.1, -0.05) is 18.2 Å². The number of hydrogen-bond acceptors (Lipinski definition) is 4. The van der Waals surface area contributed by atoms with E-state index >= 15 is 0 Å². The number of carbonyl (C=O) groups is 1. The molecule has 5 nitrogen and oxygen atoms in total. The van der Waals surface area contributed by atoms with Gasteiger partial charge in [0, 0.05) is 17.7 Å². The molecule has 1 atom stereocenters. The van der Waals surface area contributed by atoms with Crippen LogP contribution in [0.5, 0.6) is 5.75 Å². The molecule has 0 aromatic heterocycles.